The Balaban J connectivity index is 1.92. The summed E-state index contributed by atoms with van der Waals surface area (Å²) in [4.78, 5) is 13.2. The molecular weight excluding hydrogens is 310 g/mol. The Morgan fingerprint density at radius 2 is 2.11 bits per heavy atom. The predicted octanol–water partition coefficient (Wildman–Crippen LogP) is 3.93. The van der Waals surface area contributed by atoms with Crippen LogP contribution in [0.5, 0.6) is 0 Å². The molecular formula is C14H14BrNOS. The van der Waals surface area contributed by atoms with E-state index in [9.17, 15) is 4.79 Å². The molecule has 1 heterocycles. The Morgan fingerprint density at radius 3 is 2.72 bits per heavy atom. The molecule has 0 aliphatic rings. The molecule has 1 atom stereocenters. The fraction of sp³-hybridized carbons (Fsp3) is 0.214. The largest absolute Gasteiger partial charge is 0.351 e. The van der Waals surface area contributed by atoms with Gasteiger partial charge in [0.2, 0.25) is 5.91 Å². The van der Waals surface area contributed by atoms with Crippen LogP contribution in [0.1, 0.15) is 23.3 Å². The molecule has 0 bridgehead atoms. The van der Waals surface area contributed by atoms with Gasteiger partial charge in [-0.1, -0.05) is 30.3 Å². The minimum absolute atomic E-state index is 0.0609. The standard InChI is InChI=1S/C14H14BrNOS/c1-10(11-5-3-2-4-6-11)14(17)16-8-13-7-12(15)9-18-13/h2-7,9-10H,8H2,1H3,(H,16,17). The molecule has 0 saturated heterocycles. The fourth-order valence-corrected chi connectivity index (χ4v) is 3.06. The molecule has 1 aromatic carbocycles. The maximum Gasteiger partial charge on any atom is 0.227 e. The third-order valence-corrected chi connectivity index (χ3v) is 4.45. The predicted molar refractivity (Wildman–Crippen MR) is 78.7 cm³/mol. The summed E-state index contributed by atoms with van der Waals surface area (Å²) in [6.45, 7) is 2.52. The second-order valence-electron chi connectivity index (χ2n) is 4.08. The number of carbonyl (C=O) groups is 1. The van der Waals surface area contributed by atoms with E-state index in [0.29, 0.717) is 6.54 Å². The average molecular weight is 324 g/mol. The molecule has 2 nitrogen and oxygen atoms in total. The number of halogens is 1. The van der Waals surface area contributed by atoms with E-state index < -0.39 is 0 Å². The van der Waals surface area contributed by atoms with Crippen molar-refractivity contribution in [2.45, 2.75) is 19.4 Å². The topological polar surface area (TPSA) is 29.1 Å². The van der Waals surface area contributed by atoms with Gasteiger partial charge in [-0.2, -0.15) is 0 Å². The molecule has 0 aliphatic carbocycles. The van der Waals surface area contributed by atoms with Crippen LogP contribution in [0.25, 0.3) is 0 Å². The summed E-state index contributed by atoms with van der Waals surface area (Å²) in [6, 6.07) is 11.8. The maximum atomic E-state index is 12.0. The summed E-state index contributed by atoms with van der Waals surface area (Å²) >= 11 is 5.04. The molecule has 0 saturated carbocycles. The molecule has 2 rings (SSSR count). The molecule has 94 valence electrons. The van der Waals surface area contributed by atoms with Gasteiger partial charge in [0, 0.05) is 14.7 Å². The van der Waals surface area contributed by atoms with Crippen LogP contribution in [0.4, 0.5) is 0 Å². The third kappa shape index (κ3) is 3.43. The first kappa shape index (κ1) is 13.3. The maximum absolute atomic E-state index is 12.0. The van der Waals surface area contributed by atoms with E-state index >= 15 is 0 Å². The zero-order valence-corrected chi connectivity index (χ0v) is 12.4. The van der Waals surface area contributed by atoms with Crippen LogP contribution < -0.4 is 5.32 Å². The van der Waals surface area contributed by atoms with Crippen molar-refractivity contribution in [2.24, 2.45) is 0 Å². The van der Waals surface area contributed by atoms with Crippen molar-refractivity contribution >= 4 is 33.2 Å². The van der Waals surface area contributed by atoms with Gasteiger partial charge < -0.3 is 5.32 Å². The second kappa shape index (κ2) is 6.16. The van der Waals surface area contributed by atoms with Gasteiger partial charge in [0.1, 0.15) is 0 Å². The van der Waals surface area contributed by atoms with Crippen LogP contribution in [0.15, 0.2) is 46.3 Å². The number of amides is 1. The van der Waals surface area contributed by atoms with Crippen molar-refractivity contribution in [3.8, 4) is 0 Å². The number of benzene rings is 1. The van der Waals surface area contributed by atoms with Crippen LogP contribution in [-0.2, 0) is 11.3 Å². The van der Waals surface area contributed by atoms with E-state index in [-0.39, 0.29) is 11.8 Å². The van der Waals surface area contributed by atoms with E-state index in [2.05, 4.69) is 21.2 Å². The van der Waals surface area contributed by atoms with Gasteiger partial charge in [0.15, 0.2) is 0 Å². The summed E-state index contributed by atoms with van der Waals surface area (Å²) in [7, 11) is 0. The van der Waals surface area contributed by atoms with Crippen molar-refractivity contribution in [1.29, 1.82) is 0 Å². The van der Waals surface area contributed by atoms with Crippen LogP contribution in [0.2, 0.25) is 0 Å². The van der Waals surface area contributed by atoms with Gasteiger partial charge in [-0.15, -0.1) is 11.3 Å². The Bertz CT molecular complexity index is 524. The summed E-state index contributed by atoms with van der Waals surface area (Å²) < 4.78 is 1.06. The van der Waals surface area contributed by atoms with Crippen molar-refractivity contribution in [2.75, 3.05) is 0 Å². The van der Waals surface area contributed by atoms with Gasteiger partial charge >= 0.3 is 0 Å². The molecule has 1 unspecified atom stereocenters. The molecule has 4 heteroatoms. The first-order valence-electron chi connectivity index (χ1n) is 5.72. The van der Waals surface area contributed by atoms with Crippen molar-refractivity contribution in [1.82, 2.24) is 5.32 Å². The normalized spacial score (nSPS) is 12.1. The van der Waals surface area contributed by atoms with E-state index in [0.717, 1.165) is 14.9 Å². The first-order chi connectivity index (χ1) is 8.66. The number of hydrogen-bond acceptors (Lipinski definition) is 2. The number of thiophene rings is 1. The minimum Gasteiger partial charge on any atom is -0.351 e. The minimum atomic E-state index is -0.116. The van der Waals surface area contributed by atoms with E-state index in [1.54, 1.807) is 11.3 Å². The highest BCUT2D eigenvalue weighted by atomic mass is 79.9. The van der Waals surface area contributed by atoms with E-state index in [1.165, 1.54) is 0 Å². The molecule has 2 aromatic rings. The molecule has 0 aliphatic heterocycles. The van der Waals surface area contributed by atoms with Crippen molar-refractivity contribution < 1.29 is 4.79 Å². The molecule has 1 aromatic heterocycles. The van der Waals surface area contributed by atoms with E-state index in [4.69, 9.17) is 0 Å². The molecule has 1 amide bonds. The molecule has 0 spiro atoms. The van der Waals surface area contributed by atoms with Crippen molar-refractivity contribution in [3.63, 3.8) is 0 Å². The lowest BCUT2D eigenvalue weighted by molar-refractivity contribution is -0.122. The SMILES string of the molecule is CC(C(=O)NCc1cc(Br)cs1)c1ccccc1. The Hall–Kier alpha value is -1.13. The Labute approximate surface area is 119 Å². The van der Waals surface area contributed by atoms with E-state index in [1.807, 2.05) is 48.7 Å². The van der Waals surface area contributed by atoms with Crippen LogP contribution in [-0.4, -0.2) is 5.91 Å². The summed E-state index contributed by atoms with van der Waals surface area (Å²) in [5.41, 5.74) is 1.04. The summed E-state index contributed by atoms with van der Waals surface area (Å²) in [5.74, 6) is -0.0553. The first-order valence-corrected chi connectivity index (χ1v) is 7.39. The molecule has 18 heavy (non-hydrogen) atoms. The number of hydrogen-bond donors (Lipinski definition) is 1. The van der Waals surface area contributed by atoms with Gasteiger partial charge in [-0.3, -0.25) is 4.79 Å². The lowest BCUT2D eigenvalue weighted by atomic mass is 10.0. The Kier molecular flexibility index (Phi) is 4.55. The monoisotopic (exact) mass is 323 g/mol. The van der Waals surface area contributed by atoms with Crippen LogP contribution >= 0.6 is 27.3 Å². The van der Waals surface area contributed by atoms with Gasteiger partial charge in [0.25, 0.3) is 0 Å². The molecule has 0 radical (unpaired) electrons. The lowest BCUT2D eigenvalue weighted by Gasteiger charge is -2.11. The highest BCUT2D eigenvalue weighted by Gasteiger charge is 2.14. The average Bonchev–Trinajstić information content (AvgIpc) is 2.82. The Morgan fingerprint density at radius 1 is 1.39 bits per heavy atom. The van der Waals surface area contributed by atoms with Crippen LogP contribution in [0, 0.1) is 0 Å². The highest BCUT2D eigenvalue weighted by molar-refractivity contribution is 9.10. The lowest BCUT2D eigenvalue weighted by Crippen LogP contribution is -2.27. The smallest absolute Gasteiger partial charge is 0.227 e. The molecule has 0 fully saturated rings. The zero-order valence-electron chi connectivity index (χ0n) is 10.0. The molecule has 1 N–H and O–H groups in total. The summed E-state index contributed by atoms with van der Waals surface area (Å²) in [6.07, 6.45) is 0. The van der Waals surface area contributed by atoms with Crippen molar-refractivity contribution in [3.05, 3.63) is 56.7 Å². The third-order valence-electron chi connectivity index (χ3n) is 2.75. The summed E-state index contributed by atoms with van der Waals surface area (Å²) in [5, 5.41) is 4.98. The quantitative estimate of drug-likeness (QED) is 0.907. The number of carbonyl (C=O) groups excluding carboxylic acids is 1. The highest BCUT2D eigenvalue weighted by Crippen LogP contribution is 2.20. The fourth-order valence-electron chi connectivity index (χ4n) is 1.67. The van der Waals surface area contributed by atoms with Gasteiger partial charge in [0.05, 0.1) is 12.5 Å². The number of rotatable bonds is 4. The van der Waals surface area contributed by atoms with Gasteiger partial charge in [-0.25, -0.2) is 0 Å². The van der Waals surface area contributed by atoms with Gasteiger partial charge in [-0.05, 0) is 34.5 Å². The number of nitrogens with one attached hydrogen (secondary N) is 1. The second-order valence-corrected chi connectivity index (χ2v) is 5.99. The van der Waals surface area contributed by atoms with Crippen LogP contribution in [0.3, 0.4) is 0 Å². The zero-order chi connectivity index (χ0) is 13.0.